The molecule has 6 nitrogen and oxygen atoms in total. The maximum Gasteiger partial charge on any atom is 0.248 e. The number of hydrogen-bond acceptors (Lipinski definition) is 7. The summed E-state index contributed by atoms with van der Waals surface area (Å²) < 4.78 is 6.82. The van der Waals surface area contributed by atoms with Crippen molar-refractivity contribution in [1.29, 1.82) is 0 Å². The average molecular weight is 447 g/mol. The first kappa shape index (κ1) is 19.6. The van der Waals surface area contributed by atoms with E-state index in [1.54, 1.807) is 22.7 Å². The SMILES string of the molecule is O=C(CCc1nnc(-c2ccsc2)o1)Nc1ccc(Cc2nc3ccccc3s2)cc1. The Kier molecular flexibility index (Phi) is 5.56. The summed E-state index contributed by atoms with van der Waals surface area (Å²) in [5, 5.41) is 16.0. The summed E-state index contributed by atoms with van der Waals surface area (Å²) in [5.41, 5.74) is 3.86. The number of aryl methyl sites for hydroxylation is 1. The highest BCUT2D eigenvalue weighted by atomic mass is 32.1. The monoisotopic (exact) mass is 446 g/mol. The number of benzene rings is 2. The van der Waals surface area contributed by atoms with Crippen molar-refractivity contribution in [2.75, 3.05) is 5.32 Å². The van der Waals surface area contributed by atoms with Gasteiger partial charge in [-0.3, -0.25) is 4.79 Å². The molecule has 154 valence electrons. The molecule has 5 aromatic rings. The second-order valence-corrected chi connectivity index (χ2v) is 8.91. The number of thiophene rings is 1. The highest BCUT2D eigenvalue weighted by Gasteiger charge is 2.11. The van der Waals surface area contributed by atoms with Crippen LogP contribution in [0.15, 0.2) is 69.8 Å². The molecule has 0 fully saturated rings. The highest BCUT2D eigenvalue weighted by molar-refractivity contribution is 7.18. The zero-order chi connectivity index (χ0) is 21.0. The van der Waals surface area contributed by atoms with Crippen LogP contribution in [0.3, 0.4) is 0 Å². The molecule has 0 aliphatic heterocycles. The van der Waals surface area contributed by atoms with Gasteiger partial charge >= 0.3 is 0 Å². The Labute approximate surface area is 186 Å². The van der Waals surface area contributed by atoms with E-state index in [0.29, 0.717) is 18.2 Å². The van der Waals surface area contributed by atoms with Gasteiger partial charge < -0.3 is 9.73 Å². The maximum atomic E-state index is 12.3. The molecule has 0 saturated carbocycles. The second kappa shape index (κ2) is 8.79. The van der Waals surface area contributed by atoms with E-state index in [1.807, 2.05) is 59.3 Å². The number of para-hydroxylation sites is 1. The van der Waals surface area contributed by atoms with Gasteiger partial charge in [-0.1, -0.05) is 24.3 Å². The number of hydrogen-bond donors (Lipinski definition) is 1. The Balaban J connectivity index is 1.14. The minimum atomic E-state index is -0.0887. The molecule has 0 aliphatic rings. The smallest absolute Gasteiger partial charge is 0.248 e. The van der Waals surface area contributed by atoms with Gasteiger partial charge in [-0.15, -0.1) is 21.5 Å². The number of aromatic nitrogens is 3. The first-order chi connectivity index (χ1) is 15.2. The van der Waals surface area contributed by atoms with E-state index in [4.69, 9.17) is 4.42 Å². The fourth-order valence-electron chi connectivity index (χ4n) is 3.18. The van der Waals surface area contributed by atoms with Crippen molar-refractivity contribution in [2.24, 2.45) is 0 Å². The van der Waals surface area contributed by atoms with Gasteiger partial charge in [-0.2, -0.15) is 11.3 Å². The summed E-state index contributed by atoms with van der Waals surface area (Å²) in [5.74, 6) is 0.858. The Hall–Kier alpha value is -3.36. The van der Waals surface area contributed by atoms with E-state index in [2.05, 4.69) is 26.6 Å². The first-order valence-electron chi connectivity index (χ1n) is 9.81. The van der Waals surface area contributed by atoms with E-state index in [9.17, 15) is 4.79 Å². The normalized spacial score (nSPS) is 11.1. The van der Waals surface area contributed by atoms with Crippen LogP contribution in [0.2, 0.25) is 0 Å². The van der Waals surface area contributed by atoms with E-state index >= 15 is 0 Å². The van der Waals surface area contributed by atoms with Crippen LogP contribution < -0.4 is 5.32 Å². The van der Waals surface area contributed by atoms with Crippen molar-refractivity contribution in [3.63, 3.8) is 0 Å². The predicted molar refractivity (Wildman–Crippen MR) is 123 cm³/mol. The van der Waals surface area contributed by atoms with Crippen LogP contribution in [0.1, 0.15) is 22.9 Å². The molecule has 3 aromatic heterocycles. The van der Waals surface area contributed by atoms with Crippen molar-refractivity contribution in [2.45, 2.75) is 19.3 Å². The largest absolute Gasteiger partial charge is 0.421 e. The van der Waals surface area contributed by atoms with Crippen LogP contribution in [0, 0.1) is 0 Å². The molecule has 1 amide bonds. The molecule has 0 atom stereocenters. The summed E-state index contributed by atoms with van der Waals surface area (Å²) in [7, 11) is 0. The number of anilines is 1. The zero-order valence-electron chi connectivity index (χ0n) is 16.4. The first-order valence-corrected chi connectivity index (χ1v) is 11.6. The molecule has 3 heterocycles. The lowest BCUT2D eigenvalue weighted by Gasteiger charge is -2.05. The number of fused-ring (bicyclic) bond motifs is 1. The summed E-state index contributed by atoms with van der Waals surface area (Å²) in [6.07, 6.45) is 1.45. The lowest BCUT2D eigenvalue weighted by molar-refractivity contribution is -0.116. The quantitative estimate of drug-likeness (QED) is 0.353. The molecule has 0 saturated heterocycles. The molecular weight excluding hydrogens is 428 g/mol. The topological polar surface area (TPSA) is 80.9 Å². The molecule has 5 rings (SSSR count). The minimum absolute atomic E-state index is 0.0887. The Bertz CT molecular complexity index is 1270. The summed E-state index contributed by atoms with van der Waals surface area (Å²) in [4.78, 5) is 17.0. The van der Waals surface area contributed by atoms with Gasteiger partial charge in [0.2, 0.25) is 17.7 Å². The number of carbonyl (C=O) groups is 1. The molecular formula is C23H18N4O2S2. The number of nitrogens with zero attached hydrogens (tertiary/aromatic N) is 3. The molecule has 0 unspecified atom stereocenters. The number of rotatable bonds is 7. The minimum Gasteiger partial charge on any atom is -0.421 e. The van der Waals surface area contributed by atoms with Gasteiger partial charge in [0.1, 0.15) is 0 Å². The van der Waals surface area contributed by atoms with Crippen LogP contribution in [0.4, 0.5) is 5.69 Å². The molecule has 8 heteroatoms. The third-order valence-corrected chi connectivity index (χ3v) is 6.45. The summed E-state index contributed by atoms with van der Waals surface area (Å²) in [6, 6.07) is 18.0. The zero-order valence-corrected chi connectivity index (χ0v) is 18.1. The molecule has 0 bridgehead atoms. The van der Waals surface area contributed by atoms with Gasteiger partial charge in [0.15, 0.2) is 0 Å². The van der Waals surface area contributed by atoms with Crippen molar-refractivity contribution in [3.05, 3.63) is 81.8 Å². The Morgan fingerprint density at radius 1 is 1.03 bits per heavy atom. The van der Waals surface area contributed by atoms with E-state index in [1.165, 1.54) is 4.70 Å². The Morgan fingerprint density at radius 2 is 1.90 bits per heavy atom. The maximum absolute atomic E-state index is 12.3. The fraction of sp³-hybridized carbons (Fsp3) is 0.130. The lowest BCUT2D eigenvalue weighted by atomic mass is 10.1. The number of thiazole rings is 1. The van der Waals surface area contributed by atoms with E-state index in [-0.39, 0.29) is 12.3 Å². The average Bonchev–Trinajstić information content (AvgIpc) is 3.53. The molecule has 0 aliphatic carbocycles. The lowest BCUT2D eigenvalue weighted by Crippen LogP contribution is -2.12. The van der Waals surface area contributed by atoms with Crippen LogP contribution in [0.25, 0.3) is 21.7 Å². The number of nitrogens with one attached hydrogen (secondary N) is 1. The summed E-state index contributed by atoms with van der Waals surface area (Å²) >= 11 is 3.28. The van der Waals surface area contributed by atoms with Crippen LogP contribution in [-0.4, -0.2) is 21.1 Å². The van der Waals surface area contributed by atoms with Crippen molar-refractivity contribution in [3.8, 4) is 11.5 Å². The standard InChI is InChI=1S/C23H18N4O2S2/c28-20(9-10-21-26-27-23(29-21)16-11-12-30-14-16)24-17-7-5-15(6-8-17)13-22-25-18-3-1-2-4-19(18)31-22/h1-8,11-12,14H,9-10,13H2,(H,24,28). The van der Waals surface area contributed by atoms with Crippen molar-refractivity contribution >= 4 is 44.5 Å². The third kappa shape index (κ3) is 4.70. The van der Waals surface area contributed by atoms with Crippen LogP contribution in [-0.2, 0) is 17.6 Å². The summed E-state index contributed by atoms with van der Waals surface area (Å²) in [6.45, 7) is 0. The second-order valence-electron chi connectivity index (χ2n) is 7.01. The van der Waals surface area contributed by atoms with Gasteiger partial charge in [-0.05, 0) is 41.3 Å². The van der Waals surface area contributed by atoms with Crippen molar-refractivity contribution in [1.82, 2.24) is 15.2 Å². The van der Waals surface area contributed by atoms with Gasteiger partial charge in [0, 0.05) is 35.9 Å². The molecule has 0 spiro atoms. The van der Waals surface area contributed by atoms with Gasteiger partial charge in [0.25, 0.3) is 0 Å². The van der Waals surface area contributed by atoms with Gasteiger partial charge in [-0.25, -0.2) is 4.98 Å². The van der Waals surface area contributed by atoms with Crippen LogP contribution >= 0.6 is 22.7 Å². The molecule has 31 heavy (non-hydrogen) atoms. The van der Waals surface area contributed by atoms with E-state index in [0.717, 1.165) is 33.8 Å². The van der Waals surface area contributed by atoms with Crippen molar-refractivity contribution < 1.29 is 9.21 Å². The molecule has 0 radical (unpaired) electrons. The Morgan fingerprint density at radius 3 is 2.71 bits per heavy atom. The predicted octanol–water partition coefficient (Wildman–Crippen LogP) is 5.57. The molecule has 2 aromatic carbocycles. The van der Waals surface area contributed by atoms with Crippen LogP contribution in [0.5, 0.6) is 0 Å². The number of amides is 1. The third-order valence-electron chi connectivity index (χ3n) is 4.73. The van der Waals surface area contributed by atoms with Gasteiger partial charge in [0.05, 0.1) is 15.2 Å². The van der Waals surface area contributed by atoms with E-state index < -0.39 is 0 Å². The molecule has 1 N–H and O–H groups in total. The fourth-order valence-corrected chi connectivity index (χ4v) is 4.81. The number of carbonyl (C=O) groups excluding carboxylic acids is 1. The highest BCUT2D eigenvalue weighted by Crippen LogP contribution is 2.24.